The summed E-state index contributed by atoms with van der Waals surface area (Å²) in [6.07, 6.45) is 3.45. The fourth-order valence-electron chi connectivity index (χ4n) is 1.83. The molecular formula is C17H20N2O2. The van der Waals surface area contributed by atoms with Crippen LogP contribution in [0, 0.1) is 0 Å². The van der Waals surface area contributed by atoms with Gasteiger partial charge in [-0.05, 0) is 36.8 Å². The number of nitrogens with zero attached hydrogens (tertiary/aromatic N) is 1. The molecule has 1 aromatic carbocycles. The van der Waals surface area contributed by atoms with Gasteiger partial charge < -0.3 is 14.8 Å². The third kappa shape index (κ3) is 4.53. The molecule has 0 aliphatic rings. The largest absolute Gasteiger partial charge is 0.490 e. The summed E-state index contributed by atoms with van der Waals surface area (Å²) in [7, 11) is 0. The van der Waals surface area contributed by atoms with Crippen LogP contribution in [0.25, 0.3) is 0 Å². The average Bonchev–Trinajstić information content (AvgIpc) is 2.53. The van der Waals surface area contributed by atoms with Gasteiger partial charge in [-0.3, -0.25) is 0 Å². The van der Waals surface area contributed by atoms with Crippen molar-refractivity contribution in [2.45, 2.75) is 13.5 Å². The van der Waals surface area contributed by atoms with E-state index in [1.54, 1.807) is 12.3 Å². The van der Waals surface area contributed by atoms with E-state index in [1.807, 2.05) is 43.3 Å². The lowest BCUT2D eigenvalue weighted by molar-refractivity contribution is 0.328. The smallest absolute Gasteiger partial charge is 0.237 e. The number of hydrogen-bond donors (Lipinski definition) is 1. The van der Waals surface area contributed by atoms with E-state index < -0.39 is 0 Å². The Bertz CT molecular complexity index is 567. The first-order chi connectivity index (χ1) is 10.3. The van der Waals surface area contributed by atoms with E-state index in [1.165, 1.54) is 0 Å². The maximum atomic E-state index is 5.49. The predicted octanol–water partition coefficient (Wildman–Crippen LogP) is 3.66. The standard InChI is InChI=1S/C17H20N2O2/c1-3-12-21-15-9-7-14(8-10-15)13-19-16-6-5-11-18-17(16)20-4-2/h3,5-11,19H,1,4,12-13H2,2H3. The zero-order chi connectivity index (χ0) is 14.9. The third-order valence-electron chi connectivity index (χ3n) is 2.83. The van der Waals surface area contributed by atoms with E-state index in [0.717, 1.165) is 17.0 Å². The maximum absolute atomic E-state index is 5.49. The van der Waals surface area contributed by atoms with E-state index in [0.29, 0.717) is 25.6 Å². The van der Waals surface area contributed by atoms with Gasteiger partial charge in [-0.25, -0.2) is 4.98 Å². The molecule has 0 aliphatic heterocycles. The molecule has 2 rings (SSSR count). The molecule has 0 fully saturated rings. The molecule has 1 aromatic heterocycles. The van der Waals surface area contributed by atoms with Gasteiger partial charge in [-0.2, -0.15) is 0 Å². The molecular weight excluding hydrogens is 264 g/mol. The summed E-state index contributed by atoms with van der Waals surface area (Å²) in [5.74, 6) is 1.47. The van der Waals surface area contributed by atoms with E-state index in [-0.39, 0.29) is 0 Å². The van der Waals surface area contributed by atoms with Crippen LogP contribution in [0.1, 0.15) is 12.5 Å². The van der Waals surface area contributed by atoms with Crippen molar-refractivity contribution in [3.05, 3.63) is 60.8 Å². The number of rotatable bonds is 8. The summed E-state index contributed by atoms with van der Waals surface area (Å²) in [5, 5.41) is 3.33. The predicted molar refractivity (Wildman–Crippen MR) is 84.9 cm³/mol. The summed E-state index contributed by atoms with van der Waals surface area (Å²) < 4.78 is 10.9. The van der Waals surface area contributed by atoms with Crippen LogP contribution in [-0.4, -0.2) is 18.2 Å². The van der Waals surface area contributed by atoms with Crippen molar-refractivity contribution >= 4 is 5.69 Å². The maximum Gasteiger partial charge on any atom is 0.237 e. The molecule has 1 N–H and O–H groups in total. The quantitative estimate of drug-likeness (QED) is 0.751. The number of benzene rings is 1. The van der Waals surface area contributed by atoms with Crippen molar-refractivity contribution < 1.29 is 9.47 Å². The second kappa shape index (κ2) is 7.94. The number of nitrogens with one attached hydrogen (secondary N) is 1. The van der Waals surface area contributed by atoms with Crippen LogP contribution >= 0.6 is 0 Å². The molecule has 0 aliphatic carbocycles. The zero-order valence-electron chi connectivity index (χ0n) is 12.2. The van der Waals surface area contributed by atoms with Crippen LogP contribution in [0.3, 0.4) is 0 Å². The molecule has 0 amide bonds. The third-order valence-corrected chi connectivity index (χ3v) is 2.83. The normalized spacial score (nSPS) is 9.95. The molecule has 0 bridgehead atoms. The van der Waals surface area contributed by atoms with E-state index in [2.05, 4.69) is 16.9 Å². The van der Waals surface area contributed by atoms with Gasteiger partial charge in [0.15, 0.2) is 0 Å². The van der Waals surface area contributed by atoms with Gasteiger partial charge in [0.1, 0.15) is 12.4 Å². The Morgan fingerprint density at radius 3 is 2.71 bits per heavy atom. The molecule has 0 saturated carbocycles. The number of anilines is 1. The molecule has 0 radical (unpaired) electrons. The SMILES string of the molecule is C=CCOc1ccc(CNc2cccnc2OCC)cc1. The lowest BCUT2D eigenvalue weighted by atomic mass is 10.2. The minimum absolute atomic E-state index is 0.519. The summed E-state index contributed by atoms with van der Waals surface area (Å²) in [6.45, 7) is 7.39. The van der Waals surface area contributed by atoms with Crippen molar-refractivity contribution in [2.24, 2.45) is 0 Å². The number of ether oxygens (including phenoxy) is 2. The Kier molecular flexibility index (Phi) is 5.64. The van der Waals surface area contributed by atoms with Crippen LogP contribution in [-0.2, 0) is 6.54 Å². The van der Waals surface area contributed by atoms with Gasteiger partial charge in [0.25, 0.3) is 0 Å². The van der Waals surface area contributed by atoms with Gasteiger partial charge in [0, 0.05) is 12.7 Å². The van der Waals surface area contributed by atoms with Gasteiger partial charge >= 0.3 is 0 Å². The van der Waals surface area contributed by atoms with E-state index in [4.69, 9.17) is 9.47 Å². The van der Waals surface area contributed by atoms with Crippen molar-refractivity contribution in [3.8, 4) is 11.6 Å². The first-order valence-electron chi connectivity index (χ1n) is 6.97. The summed E-state index contributed by atoms with van der Waals surface area (Å²) in [4.78, 5) is 4.21. The number of pyridine rings is 1. The van der Waals surface area contributed by atoms with Gasteiger partial charge in [0.05, 0.1) is 12.3 Å². The lowest BCUT2D eigenvalue weighted by Gasteiger charge is -2.11. The number of hydrogen-bond acceptors (Lipinski definition) is 4. The molecule has 1 heterocycles. The topological polar surface area (TPSA) is 43.4 Å². The molecule has 0 unspecified atom stereocenters. The molecule has 4 heteroatoms. The molecule has 4 nitrogen and oxygen atoms in total. The Morgan fingerprint density at radius 2 is 2.00 bits per heavy atom. The monoisotopic (exact) mass is 284 g/mol. The minimum atomic E-state index is 0.519. The Morgan fingerprint density at radius 1 is 1.19 bits per heavy atom. The Balaban J connectivity index is 1.95. The molecule has 21 heavy (non-hydrogen) atoms. The van der Waals surface area contributed by atoms with E-state index >= 15 is 0 Å². The number of aromatic nitrogens is 1. The van der Waals surface area contributed by atoms with Crippen LogP contribution in [0.5, 0.6) is 11.6 Å². The van der Waals surface area contributed by atoms with Crippen LogP contribution in [0.4, 0.5) is 5.69 Å². The minimum Gasteiger partial charge on any atom is -0.490 e. The highest BCUT2D eigenvalue weighted by molar-refractivity contribution is 5.52. The summed E-state index contributed by atoms with van der Waals surface area (Å²) in [5.41, 5.74) is 2.05. The molecule has 0 atom stereocenters. The zero-order valence-corrected chi connectivity index (χ0v) is 12.2. The highest BCUT2D eigenvalue weighted by atomic mass is 16.5. The molecule has 110 valence electrons. The van der Waals surface area contributed by atoms with Crippen LogP contribution in [0.15, 0.2) is 55.3 Å². The Labute approximate surface area is 125 Å². The Hall–Kier alpha value is -2.49. The fourth-order valence-corrected chi connectivity index (χ4v) is 1.83. The second-order valence-corrected chi connectivity index (χ2v) is 4.39. The highest BCUT2D eigenvalue weighted by Crippen LogP contribution is 2.21. The molecule has 2 aromatic rings. The lowest BCUT2D eigenvalue weighted by Crippen LogP contribution is -2.04. The summed E-state index contributed by atoms with van der Waals surface area (Å²) >= 11 is 0. The van der Waals surface area contributed by atoms with Crippen molar-refractivity contribution in [1.29, 1.82) is 0 Å². The van der Waals surface area contributed by atoms with Crippen molar-refractivity contribution in [1.82, 2.24) is 4.98 Å². The summed E-state index contributed by atoms with van der Waals surface area (Å²) in [6, 6.07) is 11.8. The first-order valence-corrected chi connectivity index (χ1v) is 6.97. The average molecular weight is 284 g/mol. The highest BCUT2D eigenvalue weighted by Gasteiger charge is 2.03. The fraction of sp³-hybridized carbons (Fsp3) is 0.235. The first kappa shape index (κ1) is 14.9. The molecule has 0 saturated heterocycles. The van der Waals surface area contributed by atoms with Gasteiger partial charge in [0.2, 0.25) is 5.88 Å². The van der Waals surface area contributed by atoms with Crippen molar-refractivity contribution in [3.63, 3.8) is 0 Å². The van der Waals surface area contributed by atoms with Crippen LogP contribution < -0.4 is 14.8 Å². The van der Waals surface area contributed by atoms with Gasteiger partial charge in [-0.15, -0.1) is 0 Å². The van der Waals surface area contributed by atoms with Crippen LogP contribution in [0.2, 0.25) is 0 Å². The van der Waals surface area contributed by atoms with Gasteiger partial charge in [-0.1, -0.05) is 24.8 Å². The second-order valence-electron chi connectivity index (χ2n) is 4.39. The molecule has 0 spiro atoms. The van der Waals surface area contributed by atoms with E-state index in [9.17, 15) is 0 Å². The van der Waals surface area contributed by atoms with Crippen molar-refractivity contribution in [2.75, 3.05) is 18.5 Å².